The second-order valence-corrected chi connectivity index (χ2v) is 8.27. The van der Waals surface area contributed by atoms with E-state index in [0.717, 1.165) is 21.2 Å². The largest absolute Gasteiger partial charge is 0.196 e. The average Bonchev–Trinajstić information content (AvgIpc) is 2.14. The first-order valence-electron chi connectivity index (χ1n) is 5.73. The van der Waals surface area contributed by atoms with E-state index in [4.69, 9.17) is 0 Å². The molecule has 1 aromatic heterocycles. The molecule has 1 rings (SSSR count). The zero-order valence-electron chi connectivity index (χ0n) is 10.9. The number of hydrogen-bond acceptors (Lipinski definition) is 6. The molecule has 6 heteroatoms. The molecule has 1 aromatic rings. The molecule has 0 saturated heterocycles. The highest BCUT2D eigenvalue weighted by atomic mass is 32.2. The molecule has 0 saturated carbocycles. The molecule has 17 heavy (non-hydrogen) atoms. The fourth-order valence-corrected chi connectivity index (χ4v) is 3.17. The summed E-state index contributed by atoms with van der Waals surface area (Å²) in [6.45, 7) is 10.7. The van der Waals surface area contributed by atoms with Gasteiger partial charge in [-0.15, -0.1) is 0 Å². The Morgan fingerprint density at radius 1 is 0.824 bits per heavy atom. The Kier molecular flexibility index (Phi) is 6.66. The lowest BCUT2D eigenvalue weighted by Gasteiger charge is -2.08. The minimum atomic E-state index is 0.494. The summed E-state index contributed by atoms with van der Waals surface area (Å²) >= 11 is 5.05. The maximum Gasteiger partial charge on any atom is 0.192 e. The third-order valence-electron chi connectivity index (χ3n) is 1.53. The predicted molar refractivity (Wildman–Crippen MR) is 78.2 cm³/mol. The molecule has 0 spiro atoms. The standard InChI is InChI=1S/C11H19N3S3/c1-6-15-9-12-10(16-7(2)3)14-11(13-9)17-8(4)5/h7-8H,6H2,1-5H3. The van der Waals surface area contributed by atoms with E-state index in [1.807, 2.05) is 0 Å². The lowest BCUT2D eigenvalue weighted by atomic mass is 10.6. The van der Waals surface area contributed by atoms with Gasteiger partial charge in [0.15, 0.2) is 15.5 Å². The SMILES string of the molecule is CCSc1nc(SC(C)C)nc(SC(C)C)n1. The third kappa shape index (κ3) is 5.97. The summed E-state index contributed by atoms with van der Waals surface area (Å²) in [7, 11) is 0. The molecule has 0 atom stereocenters. The Balaban J connectivity index is 2.91. The summed E-state index contributed by atoms with van der Waals surface area (Å²) in [4.78, 5) is 13.4. The third-order valence-corrected chi connectivity index (χ3v) is 3.99. The molecule has 0 bridgehead atoms. The molecule has 0 N–H and O–H groups in total. The number of aromatic nitrogens is 3. The minimum Gasteiger partial charge on any atom is -0.196 e. The summed E-state index contributed by atoms with van der Waals surface area (Å²) in [5.74, 6) is 0.988. The van der Waals surface area contributed by atoms with Gasteiger partial charge in [0, 0.05) is 10.5 Å². The van der Waals surface area contributed by atoms with Crippen LogP contribution in [0.15, 0.2) is 15.5 Å². The van der Waals surface area contributed by atoms with Crippen molar-refractivity contribution in [1.82, 2.24) is 15.0 Å². The van der Waals surface area contributed by atoms with Gasteiger partial charge in [-0.25, -0.2) is 0 Å². The fourth-order valence-electron chi connectivity index (χ4n) is 1.04. The predicted octanol–water partition coefficient (Wildman–Crippen LogP) is 3.98. The van der Waals surface area contributed by atoms with Crippen LogP contribution in [0.3, 0.4) is 0 Å². The molecule has 0 fully saturated rings. The van der Waals surface area contributed by atoms with Crippen molar-refractivity contribution >= 4 is 35.3 Å². The van der Waals surface area contributed by atoms with Crippen LogP contribution in [0.4, 0.5) is 0 Å². The number of hydrogen-bond donors (Lipinski definition) is 0. The highest BCUT2D eigenvalue weighted by molar-refractivity contribution is 8.00. The summed E-state index contributed by atoms with van der Waals surface area (Å²) in [5.41, 5.74) is 0. The summed E-state index contributed by atoms with van der Waals surface area (Å²) in [5, 5.41) is 3.51. The summed E-state index contributed by atoms with van der Waals surface area (Å²) in [6.07, 6.45) is 0. The molecule has 0 aliphatic rings. The molecule has 0 radical (unpaired) electrons. The van der Waals surface area contributed by atoms with E-state index >= 15 is 0 Å². The zero-order valence-corrected chi connectivity index (χ0v) is 13.4. The van der Waals surface area contributed by atoms with Crippen molar-refractivity contribution in [2.45, 2.75) is 60.6 Å². The highest BCUT2D eigenvalue weighted by Crippen LogP contribution is 2.26. The van der Waals surface area contributed by atoms with E-state index < -0.39 is 0 Å². The van der Waals surface area contributed by atoms with E-state index in [2.05, 4.69) is 49.6 Å². The van der Waals surface area contributed by atoms with Gasteiger partial charge in [0.25, 0.3) is 0 Å². The van der Waals surface area contributed by atoms with Crippen molar-refractivity contribution in [2.75, 3.05) is 5.75 Å². The van der Waals surface area contributed by atoms with Crippen molar-refractivity contribution in [3.63, 3.8) is 0 Å². The van der Waals surface area contributed by atoms with Gasteiger partial charge < -0.3 is 0 Å². The lowest BCUT2D eigenvalue weighted by Crippen LogP contribution is -2.01. The van der Waals surface area contributed by atoms with Gasteiger partial charge in [-0.05, 0) is 5.75 Å². The van der Waals surface area contributed by atoms with Crippen molar-refractivity contribution in [3.05, 3.63) is 0 Å². The van der Waals surface area contributed by atoms with Crippen LogP contribution < -0.4 is 0 Å². The monoisotopic (exact) mass is 289 g/mol. The molecule has 0 aliphatic heterocycles. The van der Waals surface area contributed by atoms with Crippen molar-refractivity contribution < 1.29 is 0 Å². The van der Waals surface area contributed by atoms with Crippen LogP contribution in [0.5, 0.6) is 0 Å². The first-order chi connectivity index (χ1) is 8.01. The maximum atomic E-state index is 4.49. The molecule has 0 amide bonds. The topological polar surface area (TPSA) is 38.7 Å². The van der Waals surface area contributed by atoms with Gasteiger partial charge in [0.2, 0.25) is 0 Å². The minimum absolute atomic E-state index is 0.494. The van der Waals surface area contributed by atoms with Crippen LogP contribution in [0.1, 0.15) is 34.6 Å². The summed E-state index contributed by atoms with van der Waals surface area (Å²) < 4.78 is 0. The number of nitrogens with zero attached hydrogens (tertiary/aromatic N) is 3. The lowest BCUT2D eigenvalue weighted by molar-refractivity contribution is 0.714. The number of rotatable bonds is 6. The molecule has 1 heterocycles. The second-order valence-electron chi connectivity index (χ2n) is 3.95. The van der Waals surface area contributed by atoms with Gasteiger partial charge in [-0.3, -0.25) is 0 Å². The first kappa shape index (κ1) is 15.1. The van der Waals surface area contributed by atoms with Crippen LogP contribution in [0, 0.1) is 0 Å². The van der Waals surface area contributed by atoms with Crippen LogP contribution in [0.25, 0.3) is 0 Å². The van der Waals surface area contributed by atoms with E-state index in [1.165, 1.54) is 0 Å². The Labute approximate surface area is 116 Å². The van der Waals surface area contributed by atoms with Crippen LogP contribution >= 0.6 is 35.3 Å². The Hall–Kier alpha value is 0.0600. The molecule has 96 valence electrons. The van der Waals surface area contributed by atoms with Gasteiger partial charge in [0.05, 0.1) is 0 Å². The number of thioether (sulfide) groups is 3. The highest BCUT2D eigenvalue weighted by Gasteiger charge is 2.10. The van der Waals surface area contributed by atoms with Gasteiger partial charge in [-0.1, -0.05) is 69.9 Å². The van der Waals surface area contributed by atoms with E-state index in [-0.39, 0.29) is 0 Å². The Bertz CT molecular complexity index is 328. The first-order valence-corrected chi connectivity index (χ1v) is 8.48. The van der Waals surface area contributed by atoms with E-state index in [0.29, 0.717) is 10.5 Å². The van der Waals surface area contributed by atoms with Crippen molar-refractivity contribution in [1.29, 1.82) is 0 Å². The molecule has 0 aliphatic carbocycles. The fraction of sp³-hybridized carbons (Fsp3) is 0.727. The van der Waals surface area contributed by atoms with Gasteiger partial charge in [0.1, 0.15) is 0 Å². The Morgan fingerprint density at radius 3 is 1.59 bits per heavy atom. The molecule has 0 aromatic carbocycles. The normalized spacial score (nSPS) is 11.5. The average molecular weight is 289 g/mol. The smallest absolute Gasteiger partial charge is 0.192 e. The van der Waals surface area contributed by atoms with Crippen molar-refractivity contribution in [3.8, 4) is 0 Å². The van der Waals surface area contributed by atoms with Crippen LogP contribution in [0.2, 0.25) is 0 Å². The van der Waals surface area contributed by atoms with Gasteiger partial charge >= 0.3 is 0 Å². The molecular weight excluding hydrogens is 270 g/mol. The second kappa shape index (κ2) is 7.48. The van der Waals surface area contributed by atoms with E-state index in [1.54, 1.807) is 35.3 Å². The van der Waals surface area contributed by atoms with Gasteiger partial charge in [-0.2, -0.15) is 15.0 Å². The summed E-state index contributed by atoms with van der Waals surface area (Å²) in [6, 6.07) is 0. The zero-order chi connectivity index (χ0) is 12.8. The molecular formula is C11H19N3S3. The Morgan fingerprint density at radius 2 is 1.24 bits per heavy atom. The molecule has 0 unspecified atom stereocenters. The van der Waals surface area contributed by atoms with Crippen LogP contribution in [-0.4, -0.2) is 31.2 Å². The van der Waals surface area contributed by atoms with Crippen molar-refractivity contribution in [2.24, 2.45) is 0 Å². The van der Waals surface area contributed by atoms with Crippen LogP contribution in [-0.2, 0) is 0 Å². The maximum absolute atomic E-state index is 4.49. The quantitative estimate of drug-likeness (QED) is 0.737. The van der Waals surface area contributed by atoms with E-state index in [9.17, 15) is 0 Å². The molecule has 3 nitrogen and oxygen atoms in total.